The van der Waals surface area contributed by atoms with Gasteiger partial charge >= 0.3 is 41.5 Å². The van der Waals surface area contributed by atoms with E-state index < -0.39 is 33.7 Å². The molecule has 0 rings (SSSR count). The SMILES string of the molecule is CCCCCC(C)COC(=O)CC(C(=O)OCC(C)CCCCC)S(=O)(=O)O.[H-].[Na+]. The number of hydrogen-bond donors (Lipinski definition) is 1. The smallest absolute Gasteiger partial charge is 1.00 e. The predicted molar refractivity (Wildman–Crippen MR) is 110 cm³/mol. The number of hydrogen-bond acceptors (Lipinski definition) is 6. The monoisotopic (exact) mass is 446 g/mol. The molecule has 0 radical (unpaired) electrons. The summed E-state index contributed by atoms with van der Waals surface area (Å²) in [6, 6.07) is 0. The number of unbranched alkanes of at least 4 members (excludes halogenated alkanes) is 4. The molecule has 0 heterocycles. The average molecular weight is 447 g/mol. The Morgan fingerprint density at radius 3 is 1.76 bits per heavy atom. The summed E-state index contributed by atoms with van der Waals surface area (Å²) in [7, 11) is -4.76. The van der Waals surface area contributed by atoms with Crippen molar-refractivity contribution in [3.8, 4) is 0 Å². The van der Waals surface area contributed by atoms with Gasteiger partial charge in [-0.2, -0.15) is 8.42 Å². The van der Waals surface area contributed by atoms with Crippen LogP contribution >= 0.6 is 0 Å². The minimum absolute atomic E-state index is 0. The second-order valence-corrected chi connectivity index (χ2v) is 9.32. The Hall–Kier alpha value is -0.150. The van der Waals surface area contributed by atoms with E-state index >= 15 is 0 Å². The van der Waals surface area contributed by atoms with Gasteiger partial charge in [0.15, 0.2) is 5.25 Å². The fourth-order valence-corrected chi connectivity index (χ4v) is 3.38. The topological polar surface area (TPSA) is 107 Å². The van der Waals surface area contributed by atoms with Crippen molar-refractivity contribution in [2.75, 3.05) is 13.2 Å². The number of ether oxygens (including phenoxy) is 2. The van der Waals surface area contributed by atoms with Crippen molar-refractivity contribution in [1.29, 1.82) is 0 Å². The molecule has 168 valence electrons. The van der Waals surface area contributed by atoms with E-state index in [2.05, 4.69) is 13.8 Å². The van der Waals surface area contributed by atoms with Crippen LogP contribution < -0.4 is 29.6 Å². The van der Waals surface area contributed by atoms with Gasteiger partial charge in [0.05, 0.1) is 19.6 Å². The van der Waals surface area contributed by atoms with Crippen LogP contribution in [-0.2, 0) is 29.2 Å². The van der Waals surface area contributed by atoms with Crippen molar-refractivity contribution in [2.24, 2.45) is 11.8 Å². The summed E-state index contributed by atoms with van der Waals surface area (Å²) in [6.07, 6.45) is 7.41. The quantitative estimate of drug-likeness (QED) is 0.165. The Morgan fingerprint density at radius 1 is 0.897 bits per heavy atom. The summed E-state index contributed by atoms with van der Waals surface area (Å²) in [6.45, 7) is 8.25. The van der Waals surface area contributed by atoms with E-state index in [1.165, 1.54) is 0 Å². The third-order valence-corrected chi connectivity index (χ3v) is 5.69. The van der Waals surface area contributed by atoms with E-state index in [0.717, 1.165) is 51.4 Å². The second-order valence-electron chi connectivity index (χ2n) is 7.72. The molecule has 3 unspecified atom stereocenters. The minimum atomic E-state index is -4.76. The maximum absolute atomic E-state index is 12.1. The second kappa shape index (κ2) is 17.5. The van der Waals surface area contributed by atoms with Crippen molar-refractivity contribution in [2.45, 2.75) is 90.7 Å². The van der Waals surface area contributed by atoms with Gasteiger partial charge in [0.25, 0.3) is 10.1 Å². The van der Waals surface area contributed by atoms with Gasteiger partial charge in [-0.3, -0.25) is 14.1 Å². The Bertz CT molecular complexity index is 557. The maximum atomic E-state index is 12.1. The molecular weight excluding hydrogens is 407 g/mol. The van der Waals surface area contributed by atoms with Crippen molar-refractivity contribution >= 4 is 22.1 Å². The van der Waals surface area contributed by atoms with Gasteiger partial charge in [-0.15, -0.1) is 0 Å². The molecule has 7 nitrogen and oxygen atoms in total. The molecule has 0 aliphatic carbocycles. The third kappa shape index (κ3) is 16.2. The first kappa shape index (κ1) is 31.0. The molecule has 0 spiro atoms. The molecule has 9 heteroatoms. The Balaban J connectivity index is -0.00000364. The van der Waals surface area contributed by atoms with Crippen LogP contribution in [0.4, 0.5) is 0 Å². The summed E-state index contributed by atoms with van der Waals surface area (Å²) < 4.78 is 42.5. The largest absolute Gasteiger partial charge is 1.00 e. The maximum Gasteiger partial charge on any atom is 1.00 e. The zero-order valence-electron chi connectivity index (χ0n) is 19.8. The van der Waals surface area contributed by atoms with E-state index in [-0.39, 0.29) is 56.0 Å². The van der Waals surface area contributed by atoms with E-state index in [0.29, 0.717) is 0 Å². The summed E-state index contributed by atoms with van der Waals surface area (Å²) in [5.74, 6) is -1.72. The van der Waals surface area contributed by atoms with Crippen molar-refractivity contribution in [3.63, 3.8) is 0 Å². The summed E-state index contributed by atoms with van der Waals surface area (Å²) in [5, 5.41) is -1.95. The van der Waals surface area contributed by atoms with Crippen LogP contribution in [0.25, 0.3) is 0 Å². The number of esters is 2. The van der Waals surface area contributed by atoms with E-state index in [1.807, 2.05) is 13.8 Å². The summed E-state index contributed by atoms with van der Waals surface area (Å²) in [5.41, 5.74) is 0. The molecular formula is C20H39NaO7S. The predicted octanol–water partition coefficient (Wildman–Crippen LogP) is 1.27. The Labute approximate surface area is 200 Å². The van der Waals surface area contributed by atoms with Gasteiger partial charge in [-0.25, -0.2) is 0 Å². The molecule has 0 aromatic heterocycles. The molecule has 3 atom stereocenters. The van der Waals surface area contributed by atoms with Gasteiger partial charge in [-0.1, -0.05) is 66.2 Å². The molecule has 0 saturated carbocycles. The van der Waals surface area contributed by atoms with Crippen LogP contribution in [0.5, 0.6) is 0 Å². The minimum Gasteiger partial charge on any atom is -1.00 e. The molecule has 0 aromatic rings. The first-order chi connectivity index (χ1) is 13.1. The molecule has 0 aliphatic rings. The van der Waals surface area contributed by atoms with Crippen molar-refractivity contribution in [3.05, 3.63) is 0 Å². The van der Waals surface area contributed by atoms with Gasteiger partial charge in [-0.05, 0) is 24.7 Å². The van der Waals surface area contributed by atoms with Crippen molar-refractivity contribution < 1.29 is 63.0 Å². The van der Waals surface area contributed by atoms with Gasteiger partial charge < -0.3 is 10.9 Å². The van der Waals surface area contributed by atoms with Crippen molar-refractivity contribution in [1.82, 2.24) is 0 Å². The summed E-state index contributed by atoms with van der Waals surface area (Å²) >= 11 is 0. The normalized spacial score (nSPS) is 14.4. The molecule has 0 saturated heterocycles. The van der Waals surface area contributed by atoms with Crippen LogP contribution in [0.15, 0.2) is 0 Å². The third-order valence-electron chi connectivity index (χ3n) is 4.61. The van der Waals surface area contributed by atoms with E-state index in [4.69, 9.17) is 9.47 Å². The van der Waals surface area contributed by atoms with Gasteiger partial charge in [0, 0.05) is 0 Å². The van der Waals surface area contributed by atoms with Crippen LogP contribution in [0.1, 0.15) is 86.9 Å². The standard InChI is InChI=1S/C20H38O7S.Na.H/c1-5-7-9-11-16(3)14-26-19(21)13-18(28(23,24)25)20(22)27-15-17(4)12-10-8-6-2;;/h16-18H,5-15H2,1-4H3,(H,23,24,25);;/q;+1;-1. The average Bonchev–Trinajstić information content (AvgIpc) is 2.62. The van der Waals surface area contributed by atoms with E-state index in [9.17, 15) is 22.6 Å². The van der Waals surface area contributed by atoms with Gasteiger partial charge in [0.2, 0.25) is 0 Å². The molecule has 1 N–H and O–H groups in total. The molecule has 0 amide bonds. The van der Waals surface area contributed by atoms with E-state index in [1.54, 1.807) is 0 Å². The van der Waals surface area contributed by atoms with Gasteiger partial charge in [0.1, 0.15) is 0 Å². The number of carbonyl (C=O) groups is 2. The zero-order chi connectivity index (χ0) is 21.6. The Morgan fingerprint density at radius 2 is 1.34 bits per heavy atom. The molecule has 29 heavy (non-hydrogen) atoms. The first-order valence-electron chi connectivity index (χ1n) is 10.4. The zero-order valence-corrected chi connectivity index (χ0v) is 21.6. The van der Waals surface area contributed by atoms with Crippen LogP contribution in [0.2, 0.25) is 0 Å². The molecule has 0 aliphatic heterocycles. The number of rotatable bonds is 16. The first-order valence-corrected chi connectivity index (χ1v) is 11.9. The Kier molecular flexibility index (Phi) is 18.8. The van der Waals surface area contributed by atoms with Crippen LogP contribution in [-0.4, -0.2) is 43.4 Å². The summed E-state index contributed by atoms with van der Waals surface area (Å²) in [4.78, 5) is 24.0. The van der Waals surface area contributed by atoms with Crippen LogP contribution in [0, 0.1) is 11.8 Å². The van der Waals surface area contributed by atoms with Crippen LogP contribution in [0.3, 0.4) is 0 Å². The molecule has 0 bridgehead atoms. The fraction of sp³-hybridized carbons (Fsp3) is 0.900. The number of carbonyl (C=O) groups excluding carboxylic acids is 2. The molecule has 0 aromatic carbocycles. The molecule has 0 fully saturated rings. The fourth-order valence-electron chi connectivity index (χ4n) is 2.73.